The number of anilines is 1. The number of Topliss-reactive ketones (excluding diaryl/α,β-unsaturated/α-hetero) is 1. The summed E-state index contributed by atoms with van der Waals surface area (Å²) in [6.45, 7) is 4.13. The van der Waals surface area contributed by atoms with Gasteiger partial charge in [0.25, 0.3) is 0 Å². The Kier molecular flexibility index (Phi) is 4.81. The van der Waals surface area contributed by atoms with Crippen LogP contribution in [0.3, 0.4) is 0 Å². The number of ketones is 1. The Labute approximate surface area is 124 Å². The molecule has 0 N–H and O–H groups in total. The highest BCUT2D eigenvalue weighted by Crippen LogP contribution is 2.33. The van der Waals surface area contributed by atoms with Crippen LogP contribution in [0, 0.1) is 0 Å². The van der Waals surface area contributed by atoms with E-state index in [0.29, 0.717) is 12.0 Å². The normalized spacial score (nSPS) is 17.1. The third-order valence-corrected chi connectivity index (χ3v) is 3.99. The Morgan fingerprint density at radius 3 is 2.80 bits per heavy atom. The van der Waals surface area contributed by atoms with Crippen LogP contribution in [0.5, 0.6) is 0 Å². The fraction of sp³-hybridized carbons (Fsp3) is 0.500. The minimum atomic E-state index is -0.0714. The van der Waals surface area contributed by atoms with Crippen LogP contribution in [0.25, 0.3) is 0 Å². The Balaban J connectivity index is 2.25. The lowest BCUT2D eigenvalue weighted by molar-refractivity contribution is -0.119. The van der Waals surface area contributed by atoms with Crippen LogP contribution < -0.4 is 4.90 Å². The number of nitrogens with zero attached hydrogens (tertiary/aromatic N) is 1. The summed E-state index contributed by atoms with van der Waals surface area (Å²) in [4.78, 5) is 25.8. The summed E-state index contributed by atoms with van der Waals surface area (Å²) in [5.41, 5.74) is 2.65. The third kappa shape index (κ3) is 2.88. The molecular formula is C16H20ClNO2. The van der Waals surface area contributed by atoms with Crippen molar-refractivity contribution in [2.45, 2.75) is 45.6 Å². The molecule has 0 aromatic heterocycles. The molecule has 3 nitrogen and oxygen atoms in total. The van der Waals surface area contributed by atoms with Gasteiger partial charge in [-0.3, -0.25) is 9.59 Å². The van der Waals surface area contributed by atoms with Crippen molar-refractivity contribution in [2.75, 3.05) is 10.8 Å². The Bertz CT molecular complexity index is 527. The van der Waals surface area contributed by atoms with E-state index in [0.717, 1.165) is 30.5 Å². The first-order valence-corrected chi connectivity index (χ1v) is 7.66. The maximum Gasteiger partial charge on any atom is 0.227 e. The SMILES string of the molecule is CCCCC(=O)N1c2ccc(C(=O)CCl)cc2CC1C. The summed E-state index contributed by atoms with van der Waals surface area (Å²) in [5, 5.41) is 0. The van der Waals surface area contributed by atoms with E-state index in [1.165, 1.54) is 0 Å². The molecule has 2 rings (SSSR count). The van der Waals surface area contributed by atoms with Gasteiger partial charge in [0.05, 0.1) is 5.88 Å². The van der Waals surface area contributed by atoms with Crippen molar-refractivity contribution in [3.05, 3.63) is 29.3 Å². The van der Waals surface area contributed by atoms with E-state index in [4.69, 9.17) is 11.6 Å². The molecule has 20 heavy (non-hydrogen) atoms. The number of unbranched alkanes of at least 4 members (excludes halogenated alkanes) is 1. The van der Waals surface area contributed by atoms with Gasteiger partial charge in [0, 0.05) is 23.7 Å². The van der Waals surface area contributed by atoms with Crippen LogP contribution in [-0.4, -0.2) is 23.6 Å². The Hall–Kier alpha value is -1.35. The van der Waals surface area contributed by atoms with Crippen LogP contribution >= 0.6 is 11.6 Å². The first-order chi connectivity index (χ1) is 9.58. The number of amides is 1. The van der Waals surface area contributed by atoms with E-state index < -0.39 is 0 Å². The van der Waals surface area contributed by atoms with Crippen LogP contribution in [0.4, 0.5) is 5.69 Å². The molecule has 4 heteroatoms. The number of fused-ring (bicyclic) bond motifs is 1. The van der Waals surface area contributed by atoms with Crippen molar-refractivity contribution in [3.63, 3.8) is 0 Å². The molecule has 0 bridgehead atoms. The van der Waals surface area contributed by atoms with Crippen LogP contribution in [0.15, 0.2) is 18.2 Å². The van der Waals surface area contributed by atoms with Gasteiger partial charge < -0.3 is 4.90 Å². The summed E-state index contributed by atoms with van der Waals surface area (Å²) in [7, 11) is 0. The smallest absolute Gasteiger partial charge is 0.227 e. The third-order valence-electron chi connectivity index (χ3n) is 3.75. The minimum absolute atomic E-state index is 0.00646. The summed E-state index contributed by atoms with van der Waals surface area (Å²) in [6.07, 6.45) is 3.32. The molecule has 1 aliphatic rings. The predicted octanol–water partition coefficient (Wildman–Crippen LogP) is 3.58. The standard InChI is InChI=1S/C16H20ClNO2/c1-3-4-5-16(20)18-11(2)8-13-9-12(15(19)10-17)6-7-14(13)18/h6-7,9,11H,3-5,8,10H2,1-2H3. The molecule has 1 aromatic carbocycles. The number of carbonyl (C=O) groups is 2. The topological polar surface area (TPSA) is 37.4 Å². The quantitative estimate of drug-likeness (QED) is 0.615. The first kappa shape index (κ1) is 15.0. The maximum atomic E-state index is 12.3. The molecule has 0 saturated heterocycles. The molecule has 0 saturated carbocycles. The van der Waals surface area contributed by atoms with Gasteiger partial charge in [-0.1, -0.05) is 13.3 Å². The number of halogens is 1. The molecule has 1 unspecified atom stereocenters. The van der Waals surface area contributed by atoms with Crippen molar-refractivity contribution in [2.24, 2.45) is 0 Å². The van der Waals surface area contributed by atoms with Crippen molar-refractivity contribution in [1.29, 1.82) is 0 Å². The summed E-state index contributed by atoms with van der Waals surface area (Å²) >= 11 is 5.59. The van der Waals surface area contributed by atoms with E-state index in [-0.39, 0.29) is 23.6 Å². The maximum absolute atomic E-state index is 12.3. The summed E-state index contributed by atoms with van der Waals surface area (Å²) in [5.74, 6) is 0.0976. The Morgan fingerprint density at radius 2 is 2.15 bits per heavy atom. The molecule has 1 aliphatic heterocycles. The number of alkyl halides is 1. The van der Waals surface area contributed by atoms with E-state index >= 15 is 0 Å². The summed E-state index contributed by atoms with van der Waals surface area (Å²) in [6, 6.07) is 5.68. The lowest BCUT2D eigenvalue weighted by Gasteiger charge is -2.22. The highest BCUT2D eigenvalue weighted by Gasteiger charge is 2.30. The van der Waals surface area contributed by atoms with E-state index in [1.807, 2.05) is 24.0 Å². The highest BCUT2D eigenvalue weighted by molar-refractivity contribution is 6.30. The molecule has 0 spiro atoms. The molecule has 1 atom stereocenters. The van der Waals surface area contributed by atoms with E-state index in [2.05, 4.69) is 6.92 Å². The second-order valence-corrected chi connectivity index (χ2v) is 5.59. The van der Waals surface area contributed by atoms with E-state index in [1.54, 1.807) is 6.07 Å². The zero-order chi connectivity index (χ0) is 14.7. The van der Waals surface area contributed by atoms with Gasteiger partial charge in [-0.15, -0.1) is 11.6 Å². The molecule has 108 valence electrons. The van der Waals surface area contributed by atoms with Crippen LogP contribution in [0.1, 0.15) is 49.0 Å². The average molecular weight is 294 g/mol. The predicted molar refractivity (Wildman–Crippen MR) is 81.7 cm³/mol. The van der Waals surface area contributed by atoms with Crippen LogP contribution in [-0.2, 0) is 11.2 Å². The molecule has 1 amide bonds. The number of carbonyl (C=O) groups excluding carboxylic acids is 2. The number of hydrogen-bond acceptors (Lipinski definition) is 2. The van der Waals surface area contributed by atoms with Gasteiger partial charge in [0.15, 0.2) is 5.78 Å². The number of hydrogen-bond donors (Lipinski definition) is 0. The second-order valence-electron chi connectivity index (χ2n) is 5.32. The van der Waals surface area contributed by atoms with Gasteiger partial charge in [-0.2, -0.15) is 0 Å². The largest absolute Gasteiger partial charge is 0.309 e. The van der Waals surface area contributed by atoms with Gasteiger partial charge in [-0.25, -0.2) is 0 Å². The van der Waals surface area contributed by atoms with E-state index in [9.17, 15) is 9.59 Å². The minimum Gasteiger partial charge on any atom is -0.309 e. The monoisotopic (exact) mass is 293 g/mol. The molecule has 0 fully saturated rings. The first-order valence-electron chi connectivity index (χ1n) is 7.12. The Morgan fingerprint density at radius 1 is 1.40 bits per heavy atom. The zero-order valence-corrected chi connectivity index (χ0v) is 12.7. The molecule has 1 aromatic rings. The lowest BCUT2D eigenvalue weighted by atomic mass is 10.0. The van der Waals surface area contributed by atoms with Crippen molar-refractivity contribution in [1.82, 2.24) is 0 Å². The van der Waals surface area contributed by atoms with Crippen molar-refractivity contribution < 1.29 is 9.59 Å². The molecular weight excluding hydrogens is 274 g/mol. The highest BCUT2D eigenvalue weighted by atomic mass is 35.5. The van der Waals surface area contributed by atoms with Gasteiger partial charge >= 0.3 is 0 Å². The number of rotatable bonds is 5. The zero-order valence-electron chi connectivity index (χ0n) is 12.0. The van der Waals surface area contributed by atoms with Crippen molar-refractivity contribution >= 4 is 29.0 Å². The number of benzene rings is 1. The average Bonchev–Trinajstić information content (AvgIpc) is 2.78. The molecule has 0 radical (unpaired) electrons. The van der Waals surface area contributed by atoms with Gasteiger partial charge in [-0.05, 0) is 43.5 Å². The fourth-order valence-corrected chi connectivity index (χ4v) is 2.86. The van der Waals surface area contributed by atoms with Gasteiger partial charge in [0.2, 0.25) is 5.91 Å². The molecule has 1 heterocycles. The lowest BCUT2D eigenvalue weighted by Crippen LogP contribution is -2.35. The molecule has 0 aliphatic carbocycles. The fourth-order valence-electron chi connectivity index (χ4n) is 2.71. The van der Waals surface area contributed by atoms with Crippen molar-refractivity contribution in [3.8, 4) is 0 Å². The second kappa shape index (κ2) is 6.40. The van der Waals surface area contributed by atoms with Crippen LogP contribution in [0.2, 0.25) is 0 Å². The summed E-state index contributed by atoms with van der Waals surface area (Å²) < 4.78 is 0. The van der Waals surface area contributed by atoms with Gasteiger partial charge in [0.1, 0.15) is 0 Å².